The summed E-state index contributed by atoms with van der Waals surface area (Å²) in [4.78, 5) is 4.35. The summed E-state index contributed by atoms with van der Waals surface area (Å²) in [5.41, 5.74) is 9.19. The zero-order valence-electron chi connectivity index (χ0n) is 11.5. The SMILES string of the molecule is NC(=NCc1cccc(I)c1)Nc1ccc(CCCl)cc1. The van der Waals surface area contributed by atoms with Crippen LogP contribution in [-0.4, -0.2) is 11.8 Å². The Kier molecular flexibility index (Phi) is 6.32. The van der Waals surface area contributed by atoms with Crippen molar-refractivity contribution in [3.8, 4) is 0 Å². The van der Waals surface area contributed by atoms with Crippen LogP contribution in [0.15, 0.2) is 53.5 Å². The predicted molar refractivity (Wildman–Crippen MR) is 99.0 cm³/mol. The Morgan fingerprint density at radius 3 is 2.57 bits per heavy atom. The molecule has 0 aliphatic rings. The maximum atomic E-state index is 5.90. The van der Waals surface area contributed by atoms with Crippen molar-refractivity contribution in [1.82, 2.24) is 0 Å². The van der Waals surface area contributed by atoms with E-state index >= 15 is 0 Å². The van der Waals surface area contributed by atoms with Crippen molar-refractivity contribution in [3.63, 3.8) is 0 Å². The van der Waals surface area contributed by atoms with Gasteiger partial charge in [0.15, 0.2) is 5.96 Å². The predicted octanol–water partition coefficient (Wildman–Crippen LogP) is 4.00. The number of nitrogens with two attached hydrogens (primary N) is 1. The van der Waals surface area contributed by atoms with Gasteiger partial charge in [0, 0.05) is 15.1 Å². The molecule has 0 amide bonds. The molecule has 0 aliphatic carbocycles. The monoisotopic (exact) mass is 413 g/mol. The zero-order valence-corrected chi connectivity index (χ0v) is 14.4. The van der Waals surface area contributed by atoms with Gasteiger partial charge in [0.25, 0.3) is 0 Å². The van der Waals surface area contributed by atoms with E-state index in [2.05, 4.69) is 45.0 Å². The molecule has 21 heavy (non-hydrogen) atoms. The maximum Gasteiger partial charge on any atom is 0.193 e. The van der Waals surface area contributed by atoms with Crippen LogP contribution in [0, 0.1) is 3.57 Å². The molecular weight excluding hydrogens is 397 g/mol. The average Bonchev–Trinajstić information content (AvgIpc) is 2.48. The molecule has 2 aromatic rings. The van der Waals surface area contributed by atoms with Crippen LogP contribution in [0.4, 0.5) is 5.69 Å². The molecule has 2 rings (SSSR count). The number of benzene rings is 2. The number of aryl methyl sites for hydroxylation is 1. The van der Waals surface area contributed by atoms with Crippen molar-refractivity contribution in [2.45, 2.75) is 13.0 Å². The third-order valence-corrected chi connectivity index (χ3v) is 3.79. The first kappa shape index (κ1) is 16.1. The first-order valence-electron chi connectivity index (χ1n) is 6.63. The third-order valence-electron chi connectivity index (χ3n) is 2.93. The first-order chi connectivity index (χ1) is 10.2. The fourth-order valence-electron chi connectivity index (χ4n) is 1.86. The van der Waals surface area contributed by atoms with Crippen LogP contribution in [0.25, 0.3) is 0 Å². The normalized spacial score (nSPS) is 11.4. The number of alkyl halides is 1. The Bertz CT molecular complexity index is 611. The Balaban J connectivity index is 1.93. The minimum atomic E-state index is 0.416. The first-order valence-corrected chi connectivity index (χ1v) is 8.25. The lowest BCUT2D eigenvalue weighted by molar-refractivity contribution is 1.06. The van der Waals surface area contributed by atoms with Gasteiger partial charge in [-0.2, -0.15) is 0 Å². The number of nitrogens with one attached hydrogen (secondary N) is 1. The second-order valence-corrected chi connectivity index (χ2v) is 6.22. The Labute approximate surface area is 143 Å². The molecule has 0 spiro atoms. The lowest BCUT2D eigenvalue weighted by atomic mass is 10.1. The van der Waals surface area contributed by atoms with Gasteiger partial charge in [-0.05, 0) is 64.4 Å². The van der Waals surface area contributed by atoms with E-state index in [1.165, 1.54) is 9.13 Å². The molecule has 3 N–H and O–H groups in total. The number of hydrogen-bond donors (Lipinski definition) is 2. The maximum absolute atomic E-state index is 5.90. The number of anilines is 1. The topological polar surface area (TPSA) is 50.4 Å². The van der Waals surface area contributed by atoms with Gasteiger partial charge in [-0.15, -0.1) is 11.6 Å². The number of rotatable bonds is 5. The number of guanidine groups is 1. The lowest BCUT2D eigenvalue weighted by Gasteiger charge is -2.07. The van der Waals surface area contributed by atoms with Crippen molar-refractivity contribution in [1.29, 1.82) is 0 Å². The van der Waals surface area contributed by atoms with Crippen molar-refractivity contribution in [3.05, 3.63) is 63.2 Å². The summed E-state index contributed by atoms with van der Waals surface area (Å²) in [6, 6.07) is 16.3. The van der Waals surface area contributed by atoms with Gasteiger partial charge in [0.1, 0.15) is 0 Å². The van der Waals surface area contributed by atoms with Gasteiger partial charge >= 0.3 is 0 Å². The summed E-state index contributed by atoms with van der Waals surface area (Å²) in [6.45, 7) is 0.569. The van der Waals surface area contributed by atoms with Crippen LogP contribution in [-0.2, 0) is 13.0 Å². The van der Waals surface area contributed by atoms with Gasteiger partial charge in [-0.3, -0.25) is 0 Å². The molecule has 5 heteroatoms. The van der Waals surface area contributed by atoms with Crippen LogP contribution in [0.1, 0.15) is 11.1 Å². The molecule has 0 atom stereocenters. The van der Waals surface area contributed by atoms with E-state index < -0.39 is 0 Å². The van der Waals surface area contributed by atoms with Gasteiger partial charge in [-0.25, -0.2) is 4.99 Å². The molecule has 0 aromatic heterocycles. The van der Waals surface area contributed by atoms with Gasteiger partial charge in [-0.1, -0.05) is 24.3 Å². The molecule has 3 nitrogen and oxygen atoms in total. The number of hydrogen-bond acceptors (Lipinski definition) is 1. The highest BCUT2D eigenvalue weighted by atomic mass is 127. The summed E-state index contributed by atoms with van der Waals surface area (Å²) in [6.07, 6.45) is 0.873. The molecule has 2 aromatic carbocycles. The molecule has 0 fully saturated rings. The summed E-state index contributed by atoms with van der Waals surface area (Å²) in [5, 5.41) is 3.09. The molecule has 0 saturated heterocycles. The Hall–Kier alpha value is -1.27. The number of halogens is 2. The van der Waals surface area contributed by atoms with Crippen molar-refractivity contribution in [2.75, 3.05) is 11.2 Å². The largest absolute Gasteiger partial charge is 0.370 e. The van der Waals surface area contributed by atoms with E-state index in [-0.39, 0.29) is 0 Å². The summed E-state index contributed by atoms with van der Waals surface area (Å²) >= 11 is 8.00. The molecular formula is C16H17ClIN3. The van der Waals surface area contributed by atoms with E-state index in [0.717, 1.165) is 17.7 Å². The van der Waals surface area contributed by atoms with E-state index in [1.54, 1.807) is 0 Å². The molecule has 0 bridgehead atoms. The standard InChI is InChI=1S/C16H17ClIN3/c17-9-8-12-4-6-15(7-5-12)21-16(19)20-11-13-2-1-3-14(18)10-13/h1-7,10H,8-9,11H2,(H3,19,20,21). The zero-order chi connectivity index (χ0) is 15.1. The molecule has 0 unspecified atom stereocenters. The van der Waals surface area contributed by atoms with E-state index in [1.807, 2.05) is 36.4 Å². The summed E-state index contributed by atoms with van der Waals surface area (Å²) in [7, 11) is 0. The van der Waals surface area contributed by atoms with Crippen LogP contribution in [0.3, 0.4) is 0 Å². The van der Waals surface area contributed by atoms with E-state index in [4.69, 9.17) is 17.3 Å². The van der Waals surface area contributed by atoms with Crippen molar-refractivity contribution in [2.24, 2.45) is 10.7 Å². The average molecular weight is 414 g/mol. The van der Waals surface area contributed by atoms with Crippen LogP contribution >= 0.6 is 34.2 Å². The number of aliphatic imine (C=N–C) groups is 1. The second-order valence-electron chi connectivity index (χ2n) is 4.59. The minimum absolute atomic E-state index is 0.416. The molecule has 0 radical (unpaired) electrons. The summed E-state index contributed by atoms with van der Waals surface area (Å²) < 4.78 is 1.20. The molecule has 0 saturated carbocycles. The van der Waals surface area contributed by atoms with Gasteiger partial charge in [0.05, 0.1) is 6.54 Å². The highest BCUT2D eigenvalue weighted by Crippen LogP contribution is 2.11. The fourth-order valence-corrected chi connectivity index (χ4v) is 2.69. The minimum Gasteiger partial charge on any atom is -0.370 e. The number of nitrogens with zero attached hydrogens (tertiary/aromatic N) is 1. The van der Waals surface area contributed by atoms with Crippen molar-refractivity contribution < 1.29 is 0 Å². The highest BCUT2D eigenvalue weighted by Gasteiger charge is 1.97. The summed E-state index contributed by atoms with van der Waals surface area (Å²) in [5.74, 6) is 1.05. The molecule has 110 valence electrons. The van der Waals surface area contributed by atoms with Crippen molar-refractivity contribution >= 4 is 45.8 Å². The van der Waals surface area contributed by atoms with E-state index in [0.29, 0.717) is 18.4 Å². The van der Waals surface area contributed by atoms with E-state index in [9.17, 15) is 0 Å². The fraction of sp³-hybridized carbons (Fsp3) is 0.188. The quantitative estimate of drug-likeness (QED) is 0.337. The van der Waals surface area contributed by atoms with Crippen LogP contribution in [0.5, 0.6) is 0 Å². The second kappa shape index (κ2) is 8.24. The molecule has 0 heterocycles. The van der Waals surface area contributed by atoms with Crippen LogP contribution in [0.2, 0.25) is 0 Å². The molecule has 0 aliphatic heterocycles. The third kappa shape index (κ3) is 5.55. The highest BCUT2D eigenvalue weighted by molar-refractivity contribution is 14.1. The Morgan fingerprint density at radius 2 is 1.90 bits per heavy atom. The van der Waals surface area contributed by atoms with Gasteiger partial charge in [0.2, 0.25) is 0 Å². The Morgan fingerprint density at radius 1 is 1.14 bits per heavy atom. The van der Waals surface area contributed by atoms with Gasteiger partial charge < -0.3 is 11.1 Å². The lowest BCUT2D eigenvalue weighted by Crippen LogP contribution is -2.22. The van der Waals surface area contributed by atoms with Crippen LogP contribution < -0.4 is 11.1 Å². The smallest absolute Gasteiger partial charge is 0.193 e.